The van der Waals surface area contributed by atoms with Gasteiger partial charge in [0.25, 0.3) is 5.56 Å². The van der Waals surface area contributed by atoms with Gasteiger partial charge in [-0.3, -0.25) is 14.2 Å². The maximum absolute atomic E-state index is 13.8. The van der Waals surface area contributed by atoms with E-state index in [1.807, 2.05) is 28.8 Å². The largest absolute Gasteiger partial charge is 0.372 e. The third-order valence-electron chi connectivity index (χ3n) is 7.29. The van der Waals surface area contributed by atoms with Crippen LogP contribution in [0.1, 0.15) is 68.9 Å². The Bertz CT molecular complexity index is 1250. The number of anilines is 2. The normalized spacial score (nSPS) is 15.9. The number of rotatable bonds is 8. The molecule has 0 aliphatic heterocycles. The zero-order chi connectivity index (χ0) is 24.4. The molecule has 1 fully saturated rings. The fraction of sp³-hybridized carbons (Fsp3) is 0.519. The van der Waals surface area contributed by atoms with E-state index in [9.17, 15) is 9.59 Å². The van der Waals surface area contributed by atoms with E-state index < -0.39 is 0 Å². The molecule has 6 nitrogen and oxygen atoms in total. The average Bonchev–Trinajstić information content (AvgIpc) is 3.52. The summed E-state index contributed by atoms with van der Waals surface area (Å²) in [5.41, 5.74) is 3.28. The minimum absolute atomic E-state index is 0.0802. The molecule has 186 valence electrons. The molecule has 5 rings (SSSR count). The Morgan fingerprint density at radius 1 is 1.11 bits per heavy atom. The molecule has 2 aliphatic carbocycles. The summed E-state index contributed by atoms with van der Waals surface area (Å²) in [6.45, 7) is 6.18. The van der Waals surface area contributed by atoms with Crippen molar-refractivity contribution >= 4 is 50.6 Å². The summed E-state index contributed by atoms with van der Waals surface area (Å²) in [6.07, 6.45) is 8.69. The number of hydrogen-bond acceptors (Lipinski definition) is 6. The van der Waals surface area contributed by atoms with Crippen LogP contribution >= 0.6 is 23.1 Å². The number of amides is 1. The number of benzene rings is 1. The molecule has 2 heterocycles. The molecule has 0 radical (unpaired) electrons. The van der Waals surface area contributed by atoms with E-state index in [1.165, 1.54) is 28.6 Å². The van der Waals surface area contributed by atoms with E-state index in [0.29, 0.717) is 5.16 Å². The van der Waals surface area contributed by atoms with Crippen LogP contribution in [0.5, 0.6) is 0 Å². The lowest BCUT2D eigenvalue weighted by Crippen LogP contribution is -2.27. The maximum atomic E-state index is 13.8. The number of thiophene rings is 1. The van der Waals surface area contributed by atoms with Crippen LogP contribution in [0.15, 0.2) is 34.2 Å². The van der Waals surface area contributed by atoms with Gasteiger partial charge in [0, 0.05) is 35.4 Å². The predicted molar refractivity (Wildman–Crippen MR) is 147 cm³/mol. The smallest absolute Gasteiger partial charge is 0.263 e. The van der Waals surface area contributed by atoms with Crippen molar-refractivity contribution < 1.29 is 4.79 Å². The van der Waals surface area contributed by atoms with Gasteiger partial charge in [-0.2, -0.15) is 0 Å². The van der Waals surface area contributed by atoms with Crippen LogP contribution in [0.4, 0.5) is 11.4 Å². The van der Waals surface area contributed by atoms with E-state index in [1.54, 1.807) is 11.3 Å². The number of thioether (sulfide) groups is 1. The van der Waals surface area contributed by atoms with Crippen molar-refractivity contribution in [3.05, 3.63) is 45.1 Å². The highest BCUT2D eigenvalue weighted by Gasteiger charge is 2.27. The molecule has 0 saturated heterocycles. The molecule has 0 unspecified atom stereocenters. The summed E-state index contributed by atoms with van der Waals surface area (Å²) in [6, 6.07) is 8.18. The average molecular weight is 511 g/mol. The third kappa shape index (κ3) is 5.00. The molecule has 0 atom stereocenters. The lowest BCUT2D eigenvalue weighted by Gasteiger charge is -2.21. The molecule has 1 saturated carbocycles. The topological polar surface area (TPSA) is 67.2 Å². The van der Waals surface area contributed by atoms with Crippen molar-refractivity contribution in [3.63, 3.8) is 0 Å². The van der Waals surface area contributed by atoms with Gasteiger partial charge >= 0.3 is 0 Å². The molecule has 35 heavy (non-hydrogen) atoms. The first-order valence-corrected chi connectivity index (χ1v) is 14.7. The lowest BCUT2D eigenvalue weighted by molar-refractivity contribution is -0.113. The first-order chi connectivity index (χ1) is 17.1. The summed E-state index contributed by atoms with van der Waals surface area (Å²) < 4.78 is 1.92. The quantitative estimate of drug-likeness (QED) is 0.296. The molecule has 2 aromatic heterocycles. The monoisotopic (exact) mass is 510 g/mol. The van der Waals surface area contributed by atoms with Crippen molar-refractivity contribution in [3.8, 4) is 0 Å². The van der Waals surface area contributed by atoms with Gasteiger partial charge in [0.1, 0.15) is 4.83 Å². The third-order valence-corrected chi connectivity index (χ3v) is 9.43. The fourth-order valence-electron chi connectivity index (χ4n) is 5.46. The summed E-state index contributed by atoms with van der Waals surface area (Å²) in [5.74, 6) is 0.150. The molecule has 1 amide bonds. The Kier molecular flexibility index (Phi) is 7.48. The molecule has 0 bridgehead atoms. The summed E-state index contributed by atoms with van der Waals surface area (Å²) in [5, 5.41) is 4.54. The van der Waals surface area contributed by atoms with Gasteiger partial charge in [0.05, 0.1) is 11.1 Å². The Hall–Kier alpha value is -2.32. The van der Waals surface area contributed by atoms with Crippen LogP contribution in [-0.4, -0.2) is 34.3 Å². The molecule has 1 N–H and O–H groups in total. The summed E-state index contributed by atoms with van der Waals surface area (Å²) in [4.78, 5) is 36.0. The van der Waals surface area contributed by atoms with E-state index in [-0.39, 0.29) is 23.3 Å². The SMILES string of the molecule is CCN(CC)c1ccc(NC(=O)CSc2nc3sc4c(c3c(=O)n2C2CCCC2)CCCC4)cc1. The van der Waals surface area contributed by atoms with Gasteiger partial charge in [0.2, 0.25) is 5.91 Å². The van der Waals surface area contributed by atoms with Crippen LogP contribution in [0, 0.1) is 0 Å². The number of nitrogens with zero attached hydrogens (tertiary/aromatic N) is 3. The number of carbonyl (C=O) groups excluding carboxylic acids is 1. The van der Waals surface area contributed by atoms with Crippen LogP contribution in [0.2, 0.25) is 0 Å². The Morgan fingerprint density at radius 3 is 2.54 bits per heavy atom. The minimum Gasteiger partial charge on any atom is -0.372 e. The van der Waals surface area contributed by atoms with Crippen molar-refractivity contribution in [2.45, 2.75) is 76.4 Å². The zero-order valence-corrected chi connectivity index (χ0v) is 22.3. The van der Waals surface area contributed by atoms with Crippen LogP contribution in [0.25, 0.3) is 10.2 Å². The first-order valence-electron chi connectivity index (χ1n) is 12.9. The first kappa shape index (κ1) is 24.4. The highest BCUT2D eigenvalue weighted by Crippen LogP contribution is 2.37. The molecule has 2 aliphatic rings. The van der Waals surface area contributed by atoms with Gasteiger partial charge < -0.3 is 10.2 Å². The van der Waals surface area contributed by atoms with Crippen LogP contribution in [0.3, 0.4) is 0 Å². The van der Waals surface area contributed by atoms with Gasteiger partial charge in [-0.05, 0) is 82.2 Å². The number of nitrogens with one attached hydrogen (secondary N) is 1. The van der Waals surface area contributed by atoms with E-state index in [2.05, 4.69) is 24.1 Å². The Balaban J connectivity index is 1.36. The minimum atomic E-state index is -0.0802. The highest BCUT2D eigenvalue weighted by atomic mass is 32.2. The van der Waals surface area contributed by atoms with Crippen molar-refractivity contribution in [1.29, 1.82) is 0 Å². The number of fused-ring (bicyclic) bond motifs is 3. The van der Waals surface area contributed by atoms with Crippen molar-refractivity contribution in [2.75, 3.05) is 29.1 Å². The molecule has 8 heteroatoms. The second-order valence-electron chi connectivity index (χ2n) is 9.45. The molecule has 0 spiro atoms. The number of aryl methyl sites for hydroxylation is 2. The summed E-state index contributed by atoms with van der Waals surface area (Å²) in [7, 11) is 0. The van der Waals surface area contributed by atoms with Gasteiger partial charge in [-0.1, -0.05) is 24.6 Å². The molecule has 3 aromatic rings. The summed E-state index contributed by atoms with van der Waals surface area (Å²) >= 11 is 3.07. The standard InChI is InChI=1S/C27H34N4O2S2/c1-3-30(4-2)19-15-13-18(14-16-19)28-23(32)17-34-27-29-25-24(21-11-7-8-12-22(21)35-25)26(33)31(27)20-9-5-6-10-20/h13-16,20H,3-12,17H2,1-2H3,(H,28,32). The maximum Gasteiger partial charge on any atom is 0.263 e. The van der Waals surface area contributed by atoms with Crippen molar-refractivity contribution in [2.24, 2.45) is 0 Å². The van der Waals surface area contributed by atoms with Gasteiger partial charge in [-0.25, -0.2) is 4.98 Å². The molecular weight excluding hydrogens is 476 g/mol. The van der Waals surface area contributed by atoms with Gasteiger partial charge in [0.15, 0.2) is 5.16 Å². The highest BCUT2D eigenvalue weighted by molar-refractivity contribution is 7.99. The van der Waals surface area contributed by atoms with E-state index in [4.69, 9.17) is 4.98 Å². The fourth-order valence-corrected chi connectivity index (χ4v) is 7.63. The zero-order valence-electron chi connectivity index (χ0n) is 20.6. The number of hydrogen-bond donors (Lipinski definition) is 1. The molecular formula is C27H34N4O2S2. The van der Waals surface area contributed by atoms with E-state index in [0.717, 1.165) is 79.6 Å². The van der Waals surface area contributed by atoms with Gasteiger partial charge in [-0.15, -0.1) is 11.3 Å². The second-order valence-corrected chi connectivity index (χ2v) is 11.5. The van der Waals surface area contributed by atoms with E-state index >= 15 is 0 Å². The lowest BCUT2D eigenvalue weighted by atomic mass is 9.97. The number of aromatic nitrogens is 2. The van der Waals surface area contributed by atoms with Crippen LogP contribution < -0.4 is 15.8 Å². The Labute approximate surface area is 215 Å². The van der Waals surface area contributed by atoms with Crippen molar-refractivity contribution in [1.82, 2.24) is 9.55 Å². The molecule has 1 aromatic carbocycles. The second kappa shape index (κ2) is 10.7. The predicted octanol–water partition coefficient (Wildman–Crippen LogP) is 6.03. The Morgan fingerprint density at radius 2 is 1.83 bits per heavy atom. The number of carbonyl (C=O) groups is 1. The van der Waals surface area contributed by atoms with Crippen LogP contribution in [-0.2, 0) is 17.6 Å².